The summed E-state index contributed by atoms with van der Waals surface area (Å²) < 4.78 is 64.2. The molecule has 6 nitrogen and oxygen atoms in total. The second-order valence-electron chi connectivity index (χ2n) is 5.41. The molecule has 0 atom stereocenters. The Morgan fingerprint density at radius 2 is 1.38 bits per heavy atom. The molecule has 0 aliphatic rings. The Hall–Kier alpha value is -1.42. The van der Waals surface area contributed by atoms with Crippen LogP contribution in [0.15, 0.2) is 70.5 Å². The van der Waals surface area contributed by atoms with Gasteiger partial charge in [0.25, 0.3) is 0 Å². The molecule has 3 aromatic rings. The number of hydrogen-bond acceptors (Lipinski definition) is 6. The van der Waals surface area contributed by atoms with Gasteiger partial charge in [-0.2, -0.15) is 8.42 Å². The molecule has 0 aromatic heterocycles. The van der Waals surface area contributed by atoms with E-state index in [9.17, 15) is 21.4 Å². The van der Waals surface area contributed by atoms with Gasteiger partial charge in [0.1, 0.15) is 15.0 Å². The second kappa shape index (κ2) is 7.67. The van der Waals surface area contributed by atoms with Gasteiger partial charge in [-0.15, -0.1) is 0 Å². The normalized spacial score (nSPS) is 11.8. The van der Waals surface area contributed by atoms with E-state index in [4.69, 9.17) is 4.18 Å². The summed E-state index contributed by atoms with van der Waals surface area (Å²) in [7, 11) is -8.80. The van der Waals surface area contributed by atoms with Crippen molar-refractivity contribution in [2.75, 3.05) is 0 Å². The van der Waals surface area contributed by atoms with Crippen LogP contribution < -0.4 is 33.7 Å². The number of aryl methyl sites for hydroxylation is 1. The third-order valence-corrected chi connectivity index (χ3v) is 5.77. The van der Waals surface area contributed by atoms with Crippen LogP contribution in [-0.2, 0) is 20.2 Å². The van der Waals surface area contributed by atoms with E-state index in [1.54, 1.807) is 24.3 Å². The first kappa shape index (κ1) is 20.9. The molecule has 0 bridgehead atoms. The Morgan fingerprint density at radius 3 is 1.96 bits per heavy atom. The van der Waals surface area contributed by atoms with Gasteiger partial charge in [-0.1, -0.05) is 42.0 Å². The van der Waals surface area contributed by atoms with E-state index in [0.29, 0.717) is 0 Å². The number of hydrogen-bond donors (Lipinski definition) is 0. The second-order valence-corrected chi connectivity index (χ2v) is 8.31. The zero-order valence-electron chi connectivity index (χ0n) is 14.0. The van der Waals surface area contributed by atoms with Crippen molar-refractivity contribution in [3.63, 3.8) is 0 Å². The maximum atomic E-state index is 12.4. The molecule has 0 unspecified atom stereocenters. The summed E-state index contributed by atoms with van der Waals surface area (Å²) in [5.41, 5.74) is 0.898. The first-order valence-electron chi connectivity index (χ1n) is 7.17. The summed E-state index contributed by atoms with van der Waals surface area (Å²) in [5.74, 6) is -0.0522. The van der Waals surface area contributed by atoms with Gasteiger partial charge < -0.3 is 8.74 Å². The smallest absolute Gasteiger partial charge is 0.744 e. The van der Waals surface area contributed by atoms with E-state index < -0.39 is 25.1 Å². The fraction of sp³-hybridized carbons (Fsp3) is 0.0588. The SMILES string of the molecule is Cc1ccc(S(=O)(=O)Oc2ccc(S(=O)(=O)[O-])c3ccccc23)cc1.[Na+]. The molecular weight excluding hydrogens is 387 g/mol. The third kappa shape index (κ3) is 4.28. The summed E-state index contributed by atoms with van der Waals surface area (Å²) >= 11 is 0. The Balaban J connectivity index is 0.00000243. The fourth-order valence-electron chi connectivity index (χ4n) is 2.41. The quantitative estimate of drug-likeness (QED) is 0.342. The van der Waals surface area contributed by atoms with E-state index in [-0.39, 0.29) is 51.0 Å². The minimum atomic E-state index is -4.70. The van der Waals surface area contributed by atoms with Crippen LogP contribution in [0, 0.1) is 6.92 Å². The molecule has 0 saturated carbocycles. The fourth-order valence-corrected chi connectivity index (χ4v) is 4.04. The summed E-state index contributed by atoms with van der Waals surface area (Å²) in [6.45, 7) is 1.83. The summed E-state index contributed by atoms with van der Waals surface area (Å²) in [5, 5.41) is 0.323. The molecule has 3 aromatic carbocycles. The van der Waals surface area contributed by atoms with Crippen molar-refractivity contribution in [3.05, 3.63) is 66.2 Å². The van der Waals surface area contributed by atoms with Crippen molar-refractivity contribution in [2.45, 2.75) is 16.7 Å². The largest absolute Gasteiger partial charge is 1.00 e. The van der Waals surface area contributed by atoms with Crippen LogP contribution in [0.4, 0.5) is 0 Å². The number of fused-ring (bicyclic) bond motifs is 1. The van der Waals surface area contributed by atoms with Gasteiger partial charge in [0.15, 0.2) is 5.75 Å². The Bertz CT molecular complexity index is 1150. The van der Waals surface area contributed by atoms with Crippen LogP contribution >= 0.6 is 0 Å². The minimum absolute atomic E-state index is 0. The van der Waals surface area contributed by atoms with Crippen LogP contribution in [0.3, 0.4) is 0 Å². The third-order valence-electron chi connectivity index (χ3n) is 3.62. The van der Waals surface area contributed by atoms with E-state index in [1.807, 2.05) is 6.92 Å². The molecule has 0 aliphatic heterocycles. The topological polar surface area (TPSA) is 101 Å². The predicted octanol–water partition coefficient (Wildman–Crippen LogP) is -0.176. The van der Waals surface area contributed by atoms with Crippen molar-refractivity contribution >= 4 is 31.0 Å². The molecule has 0 aliphatic carbocycles. The maximum Gasteiger partial charge on any atom is 1.00 e. The zero-order valence-corrected chi connectivity index (χ0v) is 17.7. The van der Waals surface area contributed by atoms with E-state index in [0.717, 1.165) is 11.6 Å². The molecule has 3 rings (SSSR count). The summed E-state index contributed by atoms with van der Waals surface area (Å²) in [6.07, 6.45) is 0. The van der Waals surface area contributed by atoms with Crippen molar-refractivity contribution < 1.29 is 55.1 Å². The molecule has 0 spiro atoms. The Morgan fingerprint density at radius 1 is 0.808 bits per heavy atom. The van der Waals surface area contributed by atoms with Crippen molar-refractivity contribution in [2.24, 2.45) is 0 Å². The standard InChI is InChI=1S/C17H14O6S2.Na/c1-12-6-8-13(9-7-12)25(21,22)23-16-10-11-17(24(18,19)20)15-5-3-2-4-14(15)16;/h2-11H,1H3,(H,18,19,20);/q;+1/p-1. The van der Waals surface area contributed by atoms with E-state index in [1.165, 1.54) is 30.3 Å². The molecule has 0 amide bonds. The first-order chi connectivity index (χ1) is 11.7. The van der Waals surface area contributed by atoms with Gasteiger partial charge in [-0.05, 0) is 31.2 Å². The van der Waals surface area contributed by atoms with Crippen LogP contribution in [0.2, 0.25) is 0 Å². The van der Waals surface area contributed by atoms with Gasteiger partial charge in [0.05, 0.1) is 4.90 Å². The molecule has 9 heteroatoms. The molecule has 0 N–H and O–H groups in total. The van der Waals surface area contributed by atoms with Crippen molar-refractivity contribution in [1.29, 1.82) is 0 Å². The predicted molar refractivity (Wildman–Crippen MR) is 90.9 cm³/mol. The molecule has 26 heavy (non-hydrogen) atoms. The van der Waals surface area contributed by atoms with Crippen LogP contribution in [-0.4, -0.2) is 21.4 Å². The Labute approximate surface area is 174 Å². The van der Waals surface area contributed by atoms with Gasteiger partial charge in [0.2, 0.25) is 0 Å². The summed E-state index contributed by atoms with van der Waals surface area (Å²) in [4.78, 5) is -0.453. The monoisotopic (exact) mass is 400 g/mol. The van der Waals surface area contributed by atoms with Gasteiger partial charge in [0, 0.05) is 10.8 Å². The Kier molecular flexibility index (Phi) is 6.17. The molecule has 0 saturated heterocycles. The first-order valence-corrected chi connectivity index (χ1v) is 9.99. The van der Waals surface area contributed by atoms with Gasteiger partial charge >= 0.3 is 39.7 Å². The molecule has 0 heterocycles. The molecule has 0 radical (unpaired) electrons. The van der Waals surface area contributed by atoms with Crippen molar-refractivity contribution in [1.82, 2.24) is 0 Å². The van der Waals surface area contributed by atoms with Crippen molar-refractivity contribution in [3.8, 4) is 5.75 Å². The van der Waals surface area contributed by atoms with Gasteiger partial charge in [-0.25, -0.2) is 8.42 Å². The van der Waals surface area contributed by atoms with Gasteiger partial charge in [-0.3, -0.25) is 0 Å². The zero-order chi connectivity index (χ0) is 18.2. The molecule has 130 valence electrons. The van der Waals surface area contributed by atoms with E-state index in [2.05, 4.69) is 0 Å². The van der Waals surface area contributed by atoms with Crippen LogP contribution in [0.1, 0.15) is 5.56 Å². The molecular formula is C17H13NaO6S2. The minimum Gasteiger partial charge on any atom is -0.744 e. The average Bonchev–Trinajstić information content (AvgIpc) is 2.54. The average molecular weight is 400 g/mol. The van der Waals surface area contributed by atoms with E-state index >= 15 is 0 Å². The van der Waals surface area contributed by atoms with Crippen LogP contribution in [0.5, 0.6) is 5.75 Å². The maximum absolute atomic E-state index is 12.4. The number of rotatable bonds is 4. The number of benzene rings is 3. The van der Waals surface area contributed by atoms with Crippen LogP contribution in [0.25, 0.3) is 10.8 Å². The molecule has 0 fully saturated rings. The summed E-state index contributed by atoms with van der Waals surface area (Å²) in [6, 6.07) is 14.4.